The number of carbonyl (C=O) groups is 1. The molecule has 0 atom stereocenters. The average molecular weight is 382 g/mol. The maximum absolute atomic E-state index is 13.4. The first-order valence-corrected chi connectivity index (χ1v) is 9.53. The number of amides is 1. The summed E-state index contributed by atoms with van der Waals surface area (Å²) < 4.78 is 7.13. The molecule has 1 fully saturated rings. The lowest BCUT2D eigenvalue weighted by molar-refractivity contribution is 0.0748. The Morgan fingerprint density at radius 1 is 1.21 bits per heavy atom. The Hall–Kier alpha value is -2.71. The number of fused-ring (bicyclic) bond motifs is 3. The summed E-state index contributed by atoms with van der Waals surface area (Å²) >= 11 is 0. The van der Waals surface area contributed by atoms with Crippen molar-refractivity contribution in [2.45, 2.75) is 0 Å². The summed E-state index contributed by atoms with van der Waals surface area (Å²) in [7, 11) is 5.57. The number of aromatic nitrogens is 3. The minimum Gasteiger partial charge on any atom is -0.383 e. The number of methoxy groups -OCH3 is 1. The fourth-order valence-electron chi connectivity index (χ4n) is 3.73. The minimum absolute atomic E-state index is 0.0408. The molecule has 1 saturated heterocycles. The molecule has 0 aromatic carbocycles. The van der Waals surface area contributed by atoms with Crippen molar-refractivity contribution in [2.24, 2.45) is 0 Å². The summed E-state index contributed by atoms with van der Waals surface area (Å²) in [5, 5.41) is 0.826. The topological polar surface area (TPSA) is 66.2 Å². The molecule has 0 unspecified atom stereocenters. The minimum atomic E-state index is -0.0408. The fourth-order valence-corrected chi connectivity index (χ4v) is 3.73. The van der Waals surface area contributed by atoms with Crippen LogP contribution in [0.2, 0.25) is 0 Å². The van der Waals surface area contributed by atoms with E-state index in [0.717, 1.165) is 48.5 Å². The second kappa shape index (κ2) is 7.73. The molecule has 8 nitrogen and oxygen atoms in total. The van der Waals surface area contributed by atoms with Crippen LogP contribution in [0.25, 0.3) is 16.6 Å². The van der Waals surface area contributed by atoms with Crippen LogP contribution in [0.15, 0.2) is 30.7 Å². The van der Waals surface area contributed by atoms with E-state index >= 15 is 0 Å². The van der Waals surface area contributed by atoms with E-state index in [4.69, 9.17) is 4.74 Å². The molecule has 3 aromatic rings. The number of ether oxygens (including phenoxy) is 1. The summed E-state index contributed by atoms with van der Waals surface area (Å²) in [6.07, 6.45) is 3.54. The Morgan fingerprint density at radius 2 is 2.00 bits per heavy atom. The van der Waals surface area contributed by atoms with Gasteiger partial charge in [-0.2, -0.15) is 0 Å². The van der Waals surface area contributed by atoms with Gasteiger partial charge in [0.15, 0.2) is 5.65 Å². The van der Waals surface area contributed by atoms with Crippen molar-refractivity contribution in [1.82, 2.24) is 24.2 Å². The number of hydrogen-bond acceptors (Lipinski definition) is 6. The molecular formula is C20H26N6O2. The van der Waals surface area contributed by atoms with Crippen molar-refractivity contribution < 1.29 is 9.53 Å². The second-order valence-corrected chi connectivity index (χ2v) is 7.24. The highest BCUT2D eigenvalue weighted by atomic mass is 16.5. The zero-order valence-corrected chi connectivity index (χ0v) is 16.6. The van der Waals surface area contributed by atoms with E-state index < -0.39 is 0 Å². The predicted molar refractivity (Wildman–Crippen MR) is 109 cm³/mol. The molecule has 0 N–H and O–H groups in total. The number of likely N-dealkylation sites (N-methyl/N-ethyl adjacent to an activating group) is 2. The number of carbonyl (C=O) groups excluding carboxylic acids is 1. The Balaban J connectivity index is 1.89. The highest BCUT2D eigenvalue weighted by Crippen LogP contribution is 2.33. The smallest absolute Gasteiger partial charge is 0.256 e. The van der Waals surface area contributed by atoms with E-state index in [1.165, 1.54) is 0 Å². The largest absolute Gasteiger partial charge is 0.383 e. The number of nitrogens with zero attached hydrogens (tertiary/aromatic N) is 6. The van der Waals surface area contributed by atoms with E-state index in [-0.39, 0.29) is 5.91 Å². The summed E-state index contributed by atoms with van der Waals surface area (Å²) in [4.78, 5) is 28.8. The molecule has 4 rings (SSSR count). The van der Waals surface area contributed by atoms with Crippen molar-refractivity contribution in [3.8, 4) is 0 Å². The molecule has 3 aromatic heterocycles. The van der Waals surface area contributed by atoms with E-state index in [9.17, 15) is 4.79 Å². The first kappa shape index (κ1) is 18.6. The second-order valence-electron chi connectivity index (χ2n) is 7.24. The van der Waals surface area contributed by atoms with Gasteiger partial charge in [0.1, 0.15) is 12.1 Å². The first-order valence-electron chi connectivity index (χ1n) is 9.53. The number of hydrogen-bond donors (Lipinski definition) is 0. The van der Waals surface area contributed by atoms with Gasteiger partial charge in [-0.05, 0) is 19.2 Å². The van der Waals surface area contributed by atoms with E-state index in [0.29, 0.717) is 18.7 Å². The third-order valence-electron chi connectivity index (χ3n) is 5.40. The standard InChI is InChI=1S/C20H26N6O2/c1-23-8-10-25(11-9-23)18-17-16(20(27)24(2)12-13-28-3)15-6-4-5-7-26(15)19(17)22-14-21-18/h4-7,14H,8-13H2,1-3H3. The molecule has 0 spiro atoms. The van der Waals surface area contributed by atoms with Gasteiger partial charge in [-0.25, -0.2) is 9.97 Å². The molecule has 8 heteroatoms. The van der Waals surface area contributed by atoms with Crippen molar-refractivity contribution in [2.75, 3.05) is 65.4 Å². The summed E-state index contributed by atoms with van der Waals surface area (Å²) in [5.41, 5.74) is 2.27. The van der Waals surface area contributed by atoms with E-state index in [1.807, 2.05) is 28.8 Å². The highest BCUT2D eigenvalue weighted by molar-refractivity contribution is 6.16. The lowest BCUT2D eigenvalue weighted by Gasteiger charge is -2.33. The summed E-state index contributed by atoms with van der Waals surface area (Å²) in [5.74, 6) is 0.797. The van der Waals surface area contributed by atoms with Crippen LogP contribution >= 0.6 is 0 Å². The fraction of sp³-hybridized carbons (Fsp3) is 0.450. The molecule has 28 heavy (non-hydrogen) atoms. The normalized spacial score (nSPS) is 15.5. The van der Waals surface area contributed by atoms with Gasteiger partial charge in [-0.3, -0.25) is 4.79 Å². The molecule has 1 aliphatic rings. The third kappa shape index (κ3) is 3.18. The SMILES string of the molecule is COCCN(C)C(=O)c1c2c(N3CCN(C)CC3)ncnc2n2ccccc12. The highest BCUT2D eigenvalue weighted by Gasteiger charge is 2.27. The molecule has 1 amide bonds. The van der Waals surface area contributed by atoms with Gasteiger partial charge < -0.3 is 23.8 Å². The molecule has 4 heterocycles. The molecule has 0 saturated carbocycles. The predicted octanol–water partition coefficient (Wildman–Crippen LogP) is 1.35. The van der Waals surface area contributed by atoms with E-state index in [1.54, 1.807) is 25.4 Å². The van der Waals surface area contributed by atoms with Gasteiger partial charge in [0.25, 0.3) is 5.91 Å². The van der Waals surface area contributed by atoms with Crippen LogP contribution in [-0.2, 0) is 4.74 Å². The maximum Gasteiger partial charge on any atom is 0.256 e. The monoisotopic (exact) mass is 382 g/mol. The zero-order chi connectivity index (χ0) is 19.7. The van der Waals surface area contributed by atoms with E-state index in [2.05, 4.69) is 26.8 Å². The number of rotatable bonds is 5. The molecule has 148 valence electrons. The van der Waals surface area contributed by atoms with Crippen LogP contribution in [0.1, 0.15) is 10.4 Å². The number of anilines is 1. The third-order valence-corrected chi connectivity index (χ3v) is 5.40. The lowest BCUT2D eigenvalue weighted by atomic mass is 10.1. The first-order chi connectivity index (χ1) is 13.6. The summed E-state index contributed by atoms with van der Waals surface area (Å²) in [6, 6.07) is 5.86. The van der Waals surface area contributed by atoms with Crippen LogP contribution in [-0.4, -0.2) is 90.6 Å². The Labute approximate surface area is 164 Å². The van der Waals surface area contributed by atoms with Gasteiger partial charge >= 0.3 is 0 Å². The Bertz CT molecular complexity index is 993. The van der Waals surface area contributed by atoms with Crippen LogP contribution in [0.5, 0.6) is 0 Å². The quantitative estimate of drug-likeness (QED) is 0.664. The number of piperazine rings is 1. The van der Waals surface area contributed by atoms with Crippen molar-refractivity contribution >= 4 is 28.3 Å². The molecule has 0 bridgehead atoms. The molecule has 0 radical (unpaired) electrons. The Kier molecular flexibility index (Phi) is 5.15. The van der Waals surface area contributed by atoms with Crippen molar-refractivity contribution in [3.63, 3.8) is 0 Å². The van der Waals surface area contributed by atoms with Crippen LogP contribution in [0, 0.1) is 0 Å². The van der Waals surface area contributed by atoms with Crippen LogP contribution in [0.4, 0.5) is 5.82 Å². The van der Waals surface area contributed by atoms with Crippen LogP contribution < -0.4 is 4.90 Å². The molecule has 0 aliphatic carbocycles. The maximum atomic E-state index is 13.4. The Morgan fingerprint density at radius 3 is 2.75 bits per heavy atom. The van der Waals surface area contributed by atoms with Gasteiger partial charge in [-0.1, -0.05) is 6.07 Å². The van der Waals surface area contributed by atoms with Gasteiger partial charge in [0, 0.05) is 53.1 Å². The zero-order valence-electron chi connectivity index (χ0n) is 16.6. The molecule has 1 aliphatic heterocycles. The van der Waals surface area contributed by atoms with Crippen molar-refractivity contribution in [1.29, 1.82) is 0 Å². The number of pyridine rings is 1. The van der Waals surface area contributed by atoms with Gasteiger partial charge in [-0.15, -0.1) is 0 Å². The lowest BCUT2D eigenvalue weighted by Crippen LogP contribution is -2.45. The molecular weight excluding hydrogens is 356 g/mol. The average Bonchev–Trinajstić information content (AvgIpc) is 3.06. The van der Waals surface area contributed by atoms with Gasteiger partial charge in [0.2, 0.25) is 0 Å². The van der Waals surface area contributed by atoms with Crippen molar-refractivity contribution in [3.05, 3.63) is 36.3 Å². The van der Waals surface area contributed by atoms with Crippen LogP contribution in [0.3, 0.4) is 0 Å². The van der Waals surface area contributed by atoms with Gasteiger partial charge in [0.05, 0.1) is 23.1 Å². The summed E-state index contributed by atoms with van der Waals surface area (Å²) in [6.45, 7) is 4.71.